The SMILES string of the molecule is BrC(Cc1ncc[nH]1)c1ccc2c(c1)COC2. The highest BCUT2D eigenvalue weighted by atomic mass is 79.9. The summed E-state index contributed by atoms with van der Waals surface area (Å²) in [6.45, 7) is 1.49. The fraction of sp³-hybridized carbons (Fsp3) is 0.308. The van der Waals surface area contributed by atoms with Gasteiger partial charge < -0.3 is 9.72 Å². The highest BCUT2D eigenvalue weighted by Crippen LogP contribution is 2.30. The molecule has 2 aromatic rings. The number of ether oxygens (including phenoxy) is 1. The van der Waals surface area contributed by atoms with Crippen LogP contribution in [0.5, 0.6) is 0 Å². The van der Waals surface area contributed by atoms with Crippen LogP contribution in [0, 0.1) is 0 Å². The van der Waals surface area contributed by atoms with Gasteiger partial charge in [-0.3, -0.25) is 0 Å². The second-order valence-corrected chi connectivity index (χ2v) is 5.33. The Labute approximate surface area is 108 Å². The molecule has 3 nitrogen and oxygen atoms in total. The number of rotatable bonds is 3. The van der Waals surface area contributed by atoms with Crippen molar-refractivity contribution in [2.45, 2.75) is 24.5 Å². The molecule has 0 amide bonds. The zero-order valence-electron chi connectivity index (χ0n) is 9.32. The maximum absolute atomic E-state index is 5.42. The molecule has 2 heterocycles. The number of H-pyrrole nitrogens is 1. The van der Waals surface area contributed by atoms with Crippen LogP contribution in [0.2, 0.25) is 0 Å². The molecule has 0 saturated heterocycles. The molecular weight excluding hydrogens is 280 g/mol. The van der Waals surface area contributed by atoms with Gasteiger partial charge in [-0.1, -0.05) is 34.1 Å². The number of halogens is 1. The largest absolute Gasteiger partial charge is 0.372 e. The standard InChI is InChI=1S/C13H13BrN2O/c14-12(6-13-15-3-4-16-13)9-1-2-10-7-17-8-11(10)5-9/h1-5,12H,6-8H2,(H,15,16). The van der Waals surface area contributed by atoms with E-state index in [9.17, 15) is 0 Å². The molecule has 17 heavy (non-hydrogen) atoms. The first-order valence-corrected chi connectivity index (χ1v) is 6.56. The third-order valence-electron chi connectivity index (χ3n) is 3.03. The minimum absolute atomic E-state index is 0.291. The van der Waals surface area contributed by atoms with Crippen LogP contribution < -0.4 is 0 Å². The highest BCUT2D eigenvalue weighted by molar-refractivity contribution is 9.09. The molecule has 1 atom stereocenters. The van der Waals surface area contributed by atoms with Gasteiger partial charge in [0.1, 0.15) is 5.82 Å². The molecule has 3 rings (SSSR count). The third-order valence-corrected chi connectivity index (χ3v) is 3.89. The van der Waals surface area contributed by atoms with Crippen molar-refractivity contribution < 1.29 is 4.74 Å². The molecule has 0 fully saturated rings. The first-order valence-electron chi connectivity index (χ1n) is 5.64. The molecule has 0 spiro atoms. The van der Waals surface area contributed by atoms with E-state index in [0.717, 1.165) is 25.5 Å². The van der Waals surface area contributed by atoms with Crippen molar-refractivity contribution >= 4 is 15.9 Å². The monoisotopic (exact) mass is 292 g/mol. The fourth-order valence-corrected chi connectivity index (χ4v) is 2.68. The van der Waals surface area contributed by atoms with Gasteiger partial charge in [0, 0.05) is 23.6 Å². The van der Waals surface area contributed by atoms with Gasteiger partial charge in [0.05, 0.1) is 13.2 Å². The first-order chi connectivity index (χ1) is 8.33. The Morgan fingerprint density at radius 1 is 1.35 bits per heavy atom. The number of nitrogens with zero attached hydrogens (tertiary/aromatic N) is 1. The molecule has 1 unspecified atom stereocenters. The lowest BCUT2D eigenvalue weighted by atomic mass is 10.0. The van der Waals surface area contributed by atoms with E-state index in [4.69, 9.17) is 4.74 Å². The Balaban J connectivity index is 1.79. The van der Waals surface area contributed by atoms with E-state index in [0.29, 0.717) is 4.83 Å². The Bertz CT molecular complexity index is 510. The Hall–Kier alpha value is -1.13. The van der Waals surface area contributed by atoms with Crippen LogP contribution in [0.4, 0.5) is 0 Å². The summed E-state index contributed by atoms with van der Waals surface area (Å²) in [4.78, 5) is 7.66. The number of benzene rings is 1. The number of nitrogens with one attached hydrogen (secondary N) is 1. The molecule has 0 radical (unpaired) electrons. The number of aromatic nitrogens is 2. The van der Waals surface area contributed by atoms with E-state index in [2.05, 4.69) is 44.1 Å². The van der Waals surface area contributed by atoms with Crippen LogP contribution in [-0.4, -0.2) is 9.97 Å². The van der Waals surface area contributed by atoms with E-state index in [1.165, 1.54) is 16.7 Å². The van der Waals surface area contributed by atoms with Gasteiger partial charge in [-0.2, -0.15) is 0 Å². The van der Waals surface area contributed by atoms with E-state index in [-0.39, 0.29) is 0 Å². The normalized spacial score (nSPS) is 15.8. The van der Waals surface area contributed by atoms with Gasteiger partial charge in [-0.25, -0.2) is 4.98 Å². The quantitative estimate of drug-likeness (QED) is 0.883. The second kappa shape index (κ2) is 4.63. The highest BCUT2D eigenvalue weighted by Gasteiger charge is 2.15. The molecule has 1 aromatic carbocycles. The summed E-state index contributed by atoms with van der Waals surface area (Å²) >= 11 is 3.71. The first kappa shape index (κ1) is 11.0. The topological polar surface area (TPSA) is 37.9 Å². The molecule has 4 heteroatoms. The summed E-state index contributed by atoms with van der Waals surface area (Å²) in [6, 6.07) is 6.55. The van der Waals surface area contributed by atoms with Crippen molar-refractivity contribution in [2.24, 2.45) is 0 Å². The van der Waals surface area contributed by atoms with E-state index < -0.39 is 0 Å². The number of aromatic amines is 1. The van der Waals surface area contributed by atoms with Crippen LogP contribution >= 0.6 is 15.9 Å². The van der Waals surface area contributed by atoms with Gasteiger partial charge in [0.15, 0.2) is 0 Å². The second-order valence-electron chi connectivity index (χ2n) is 4.23. The molecule has 0 saturated carbocycles. The molecule has 1 aromatic heterocycles. The summed E-state index contributed by atoms with van der Waals surface area (Å²) in [7, 11) is 0. The number of hydrogen-bond donors (Lipinski definition) is 1. The van der Waals surface area contributed by atoms with Crippen LogP contribution in [0.1, 0.15) is 27.3 Å². The van der Waals surface area contributed by atoms with Crippen LogP contribution in [0.15, 0.2) is 30.6 Å². The van der Waals surface area contributed by atoms with Crippen molar-refractivity contribution in [3.05, 3.63) is 53.1 Å². The van der Waals surface area contributed by atoms with E-state index >= 15 is 0 Å². The predicted octanol–water partition coefficient (Wildman–Crippen LogP) is 3.12. The van der Waals surface area contributed by atoms with Crippen molar-refractivity contribution in [1.29, 1.82) is 0 Å². The Morgan fingerprint density at radius 3 is 3.06 bits per heavy atom. The average molecular weight is 293 g/mol. The molecular formula is C13H13BrN2O. The third kappa shape index (κ3) is 2.28. The van der Waals surface area contributed by atoms with Gasteiger partial charge in [0.2, 0.25) is 0 Å². The summed E-state index contributed by atoms with van der Waals surface area (Å²) < 4.78 is 5.42. The molecule has 1 aliphatic heterocycles. The lowest BCUT2D eigenvalue weighted by Crippen LogP contribution is -1.98. The van der Waals surface area contributed by atoms with Crippen molar-refractivity contribution in [3.63, 3.8) is 0 Å². The zero-order valence-corrected chi connectivity index (χ0v) is 10.9. The summed E-state index contributed by atoms with van der Waals surface area (Å²) in [6.07, 6.45) is 4.50. The Kier molecular flexibility index (Phi) is 2.99. The maximum Gasteiger partial charge on any atom is 0.107 e. The van der Waals surface area contributed by atoms with Gasteiger partial charge >= 0.3 is 0 Å². The number of fused-ring (bicyclic) bond motifs is 1. The average Bonchev–Trinajstić information content (AvgIpc) is 2.97. The Morgan fingerprint density at radius 2 is 2.24 bits per heavy atom. The molecule has 88 valence electrons. The van der Waals surface area contributed by atoms with Gasteiger partial charge in [-0.15, -0.1) is 0 Å². The van der Waals surface area contributed by atoms with Crippen molar-refractivity contribution in [3.8, 4) is 0 Å². The minimum atomic E-state index is 0.291. The van der Waals surface area contributed by atoms with Gasteiger partial charge in [-0.05, 0) is 16.7 Å². The minimum Gasteiger partial charge on any atom is -0.372 e. The van der Waals surface area contributed by atoms with Gasteiger partial charge in [0.25, 0.3) is 0 Å². The van der Waals surface area contributed by atoms with Crippen LogP contribution in [0.3, 0.4) is 0 Å². The molecule has 1 N–H and O–H groups in total. The lowest BCUT2D eigenvalue weighted by molar-refractivity contribution is 0.134. The summed E-state index contributed by atoms with van der Waals surface area (Å²) in [5, 5.41) is 0. The molecule has 1 aliphatic rings. The molecule has 0 aliphatic carbocycles. The van der Waals surface area contributed by atoms with E-state index in [1.807, 2.05) is 6.20 Å². The zero-order chi connectivity index (χ0) is 11.7. The maximum atomic E-state index is 5.42. The van der Waals surface area contributed by atoms with Crippen molar-refractivity contribution in [1.82, 2.24) is 9.97 Å². The van der Waals surface area contributed by atoms with Crippen LogP contribution in [0.25, 0.3) is 0 Å². The number of hydrogen-bond acceptors (Lipinski definition) is 2. The smallest absolute Gasteiger partial charge is 0.107 e. The summed E-state index contributed by atoms with van der Waals surface area (Å²) in [5.74, 6) is 1.00. The van der Waals surface area contributed by atoms with E-state index in [1.54, 1.807) is 6.20 Å². The lowest BCUT2D eigenvalue weighted by Gasteiger charge is -2.10. The summed E-state index contributed by atoms with van der Waals surface area (Å²) in [5.41, 5.74) is 3.91. The van der Waals surface area contributed by atoms with Crippen molar-refractivity contribution in [2.75, 3.05) is 0 Å². The molecule has 0 bridgehead atoms. The number of alkyl halides is 1. The van der Waals surface area contributed by atoms with Crippen LogP contribution in [-0.2, 0) is 24.4 Å². The fourth-order valence-electron chi connectivity index (χ4n) is 2.08. The predicted molar refractivity (Wildman–Crippen MR) is 68.9 cm³/mol. The number of imidazole rings is 1.